The molecule has 1 aromatic heterocycles. The van der Waals surface area contributed by atoms with Crippen LogP contribution in [-0.2, 0) is 15.0 Å². The average molecular weight is 528 g/mol. The zero-order chi connectivity index (χ0) is 28.1. The number of nitrogens with zero attached hydrogens (tertiary/aromatic N) is 2. The number of rotatable bonds is 3. The molecule has 2 aromatic rings. The molecule has 3 rings (SSSR count). The third-order valence-electron chi connectivity index (χ3n) is 5.47. The van der Waals surface area contributed by atoms with Crippen molar-refractivity contribution < 1.29 is 50.9 Å². The molecule has 36 heavy (non-hydrogen) atoms. The molecular weight excluding hydrogens is 502 g/mol. The van der Waals surface area contributed by atoms with Gasteiger partial charge in [-0.2, -0.15) is 26.3 Å². The van der Waals surface area contributed by atoms with E-state index in [9.17, 15) is 31.1 Å². The standard InChI is InChI=1S/C17H24N4O.2C2HF3O2/c1-11(2)21-9-7-17(3,8-10-21)16-19-13-6-4-5-12(15(18)22)14(13)20-16;2*3-2(4,5)1(6)7/h4-6,11H,7-10H2,1-3H3,(H2,18,22)(H,19,20);2*(H,6,7). The van der Waals surface area contributed by atoms with E-state index in [1.54, 1.807) is 6.07 Å². The van der Waals surface area contributed by atoms with Crippen LogP contribution in [0.3, 0.4) is 0 Å². The number of imidazole rings is 1. The number of carboxylic acids is 2. The Morgan fingerprint density at radius 2 is 1.47 bits per heavy atom. The van der Waals surface area contributed by atoms with Crippen LogP contribution >= 0.6 is 0 Å². The summed E-state index contributed by atoms with van der Waals surface area (Å²) in [7, 11) is 0. The minimum absolute atomic E-state index is 0.0271. The number of aromatic nitrogens is 2. The predicted octanol–water partition coefficient (Wildman–Crippen LogP) is 3.69. The lowest BCUT2D eigenvalue weighted by molar-refractivity contribution is -0.193. The number of primary amides is 1. The zero-order valence-corrected chi connectivity index (χ0v) is 19.5. The molecule has 1 fully saturated rings. The number of piperidine rings is 1. The van der Waals surface area contributed by atoms with Gasteiger partial charge in [-0.3, -0.25) is 4.79 Å². The number of carbonyl (C=O) groups is 3. The number of hydrogen-bond acceptors (Lipinski definition) is 5. The molecule has 1 aliphatic rings. The van der Waals surface area contributed by atoms with E-state index >= 15 is 0 Å². The normalized spacial score (nSPS) is 15.9. The largest absolute Gasteiger partial charge is 0.490 e. The van der Waals surface area contributed by atoms with Crippen LogP contribution in [0.5, 0.6) is 0 Å². The van der Waals surface area contributed by atoms with Crippen LogP contribution in [-0.4, -0.2) is 74.4 Å². The molecule has 0 spiro atoms. The second-order valence-electron chi connectivity index (χ2n) is 8.45. The summed E-state index contributed by atoms with van der Waals surface area (Å²) >= 11 is 0. The van der Waals surface area contributed by atoms with Gasteiger partial charge in [0.1, 0.15) is 11.3 Å². The summed E-state index contributed by atoms with van der Waals surface area (Å²) in [5.74, 6) is -4.97. The van der Waals surface area contributed by atoms with Crippen molar-refractivity contribution in [2.75, 3.05) is 13.1 Å². The highest BCUT2D eigenvalue weighted by atomic mass is 19.4. The van der Waals surface area contributed by atoms with E-state index < -0.39 is 30.2 Å². The maximum absolute atomic E-state index is 11.6. The summed E-state index contributed by atoms with van der Waals surface area (Å²) in [6.45, 7) is 8.89. The van der Waals surface area contributed by atoms with Crippen LogP contribution in [0.25, 0.3) is 11.0 Å². The van der Waals surface area contributed by atoms with Gasteiger partial charge >= 0.3 is 24.3 Å². The van der Waals surface area contributed by atoms with Crippen LogP contribution in [0.2, 0.25) is 0 Å². The van der Waals surface area contributed by atoms with Gasteiger partial charge < -0.3 is 25.8 Å². The predicted molar refractivity (Wildman–Crippen MR) is 115 cm³/mol. The van der Waals surface area contributed by atoms with Gasteiger partial charge in [-0.05, 0) is 51.9 Å². The van der Waals surface area contributed by atoms with Crippen molar-refractivity contribution >= 4 is 28.9 Å². The first-order valence-electron chi connectivity index (χ1n) is 10.4. The SMILES string of the molecule is CC(C)N1CCC(C)(c2nc3c(C(N)=O)cccc3[nH]2)CC1.O=C(O)C(F)(F)F.O=C(O)C(F)(F)F. The topological polar surface area (TPSA) is 150 Å². The van der Waals surface area contributed by atoms with Crippen LogP contribution in [0.1, 0.15) is 49.8 Å². The Labute approximate surface area is 201 Å². The maximum Gasteiger partial charge on any atom is 0.490 e. The van der Waals surface area contributed by atoms with Gasteiger partial charge in [0.15, 0.2) is 0 Å². The number of carboxylic acid groups (broad SMARTS) is 2. The van der Waals surface area contributed by atoms with Gasteiger partial charge in [-0.25, -0.2) is 14.6 Å². The fourth-order valence-corrected chi connectivity index (χ4v) is 3.29. The van der Waals surface area contributed by atoms with Crippen LogP contribution in [0.4, 0.5) is 26.3 Å². The van der Waals surface area contributed by atoms with E-state index in [0.717, 1.165) is 37.3 Å². The number of fused-ring (bicyclic) bond motifs is 1. The van der Waals surface area contributed by atoms with E-state index in [0.29, 0.717) is 17.1 Å². The maximum atomic E-state index is 11.6. The molecule has 202 valence electrons. The van der Waals surface area contributed by atoms with Crippen molar-refractivity contribution in [3.63, 3.8) is 0 Å². The number of aliphatic carboxylic acids is 2. The molecule has 1 amide bonds. The second kappa shape index (κ2) is 11.6. The molecule has 0 atom stereocenters. The number of para-hydroxylation sites is 1. The highest BCUT2D eigenvalue weighted by molar-refractivity contribution is 6.04. The molecule has 0 aliphatic carbocycles. The Balaban J connectivity index is 0.000000383. The molecule has 1 aliphatic heterocycles. The fraction of sp³-hybridized carbons (Fsp3) is 0.524. The number of nitrogens with one attached hydrogen (secondary N) is 1. The molecule has 15 heteroatoms. The Kier molecular flexibility index (Phi) is 9.87. The number of halogens is 6. The van der Waals surface area contributed by atoms with Gasteiger partial charge in [0.25, 0.3) is 5.91 Å². The molecule has 0 saturated carbocycles. The van der Waals surface area contributed by atoms with Gasteiger partial charge in [-0.15, -0.1) is 0 Å². The van der Waals surface area contributed by atoms with E-state index in [1.165, 1.54) is 0 Å². The average Bonchev–Trinajstić information content (AvgIpc) is 3.18. The van der Waals surface area contributed by atoms with Gasteiger partial charge in [0.05, 0.1) is 11.1 Å². The minimum Gasteiger partial charge on any atom is -0.475 e. The lowest BCUT2D eigenvalue weighted by Gasteiger charge is -2.40. The lowest BCUT2D eigenvalue weighted by Crippen LogP contribution is -2.44. The summed E-state index contributed by atoms with van der Waals surface area (Å²) in [4.78, 5) is 40.0. The molecule has 0 bridgehead atoms. The van der Waals surface area contributed by atoms with Crippen molar-refractivity contribution in [3.05, 3.63) is 29.6 Å². The van der Waals surface area contributed by atoms with Crippen molar-refractivity contribution in [1.82, 2.24) is 14.9 Å². The van der Waals surface area contributed by atoms with Crippen LogP contribution in [0, 0.1) is 0 Å². The fourth-order valence-electron chi connectivity index (χ4n) is 3.29. The molecule has 5 N–H and O–H groups in total. The lowest BCUT2D eigenvalue weighted by atomic mass is 9.79. The summed E-state index contributed by atoms with van der Waals surface area (Å²) < 4.78 is 63.5. The first kappa shape index (κ1) is 30.7. The Hall–Kier alpha value is -3.36. The summed E-state index contributed by atoms with van der Waals surface area (Å²) in [5.41, 5.74) is 7.55. The number of aromatic amines is 1. The highest BCUT2D eigenvalue weighted by Crippen LogP contribution is 2.35. The highest BCUT2D eigenvalue weighted by Gasteiger charge is 2.39. The zero-order valence-electron chi connectivity index (χ0n) is 19.5. The Bertz CT molecular complexity index is 1050. The van der Waals surface area contributed by atoms with E-state index in [4.69, 9.17) is 30.5 Å². The molecule has 0 radical (unpaired) electrons. The molecular formula is C21H26F6N4O5. The minimum atomic E-state index is -5.08. The number of alkyl halides is 6. The summed E-state index contributed by atoms with van der Waals surface area (Å²) in [6.07, 6.45) is -8.03. The van der Waals surface area contributed by atoms with Gasteiger partial charge in [0.2, 0.25) is 0 Å². The number of H-pyrrole nitrogens is 1. The second-order valence-corrected chi connectivity index (χ2v) is 8.45. The van der Waals surface area contributed by atoms with Crippen molar-refractivity contribution in [2.24, 2.45) is 5.73 Å². The molecule has 1 aromatic carbocycles. The molecule has 0 unspecified atom stereocenters. The Morgan fingerprint density at radius 1 is 1.03 bits per heavy atom. The monoisotopic (exact) mass is 528 g/mol. The number of likely N-dealkylation sites (tertiary alicyclic amines) is 1. The molecule has 9 nitrogen and oxygen atoms in total. The number of carbonyl (C=O) groups excluding carboxylic acids is 1. The van der Waals surface area contributed by atoms with E-state index in [1.807, 2.05) is 12.1 Å². The molecule has 2 heterocycles. The third kappa shape index (κ3) is 8.39. The summed E-state index contributed by atoms with van der Waals surface area (Å²) in [5, 5.41) is 14.2. The van der Waals surface area contributed by atoms with E-state index in [-0.39, 0.29) is 5.41 Å². The van der Waals surface area contributed by atoms with Crippen LogP contribution < -0.4 is 5.73 Å². The van der Waals surface area contributed by atoms with Crippen molar-refractivity contribution in [3.8, 4) is 0 Å². The first-order chi connectivity index (χ1) is 16.3. The third-order valence-corrected chi connectivity index (χ3v) is 5.47. The van der Waals surface area contributed by atoms with Crippen LogP contribution in [0.15, 0.2) is 18.2 Å². The number of benzene rings is 1. The first-order valence-corrected chi connectivity index (χ1v) is 10.4. The smallest absolute Gasteiger partial charge is 0.475 e. The summed E-state index contributed by atoms with van der Waals surface area (Å²) in [6, 6.07) is 6.11. The number of amides is 1. The van der Waals surface area contributed by atoms with E-state index in [2.05, 4.69) is 30.7 Å². The number of hydrogen-bond donors (Lipinski definition) is 4. The van der Waals surface area contributed by atoms with Crippen molar-refractivity contribution in [1.29, 1.82) is 0 Å². The molecule has 1 saturated heterocycles. The number of nitrogens with two attached hydrogens (primary N) is 1. The quantitative estimate of drug-likeness (QED) is 0.444. The van der Waals surface area contributed by atoms with Gasteiger partial charge in [0, 0.05) is 11.5 Å². The van der Waals surface area contributed by atoms with Gasteiger partial charge in [-0.1, -0.05) is 13.0 Å². The van der Waals surface area contributed by atoms with Crippen molar-refractivity contribution in [2.45, 2.75) is 57.4 Å². The Morgan fingerprint density at radius 3 is 1.83 bits per heavy atom.